The molecule has 0 saturated heterocycles. The van der Waals surface area contributed by atoms with Gasteiger partial charge in [-0.15, -0.1) is 0 Å². The third-order valence-electron chi connectivity index (χ3n) is 2.83. The summed E-state index contributed by atoms with van der Waals surface area (Å²) in [6, 6.07) is 7.56. The molecule has 0 saturated carbocycles. The van der Waals surface area contributed by atoms with Gasteiger partial charge in [0.1, 0.15) is 0 Å². The predicted molar refractivity (Wildman–Crippen MR) is 69.2 cm³/mol. The molecule has 1 aromatic carbocycles. The zero-order valence-electron chi connectivity index (χ0n) is 11.0. The summed E-state index contributed by atoms with van der Waals surface area (Å²) in [5, 5.41) is 0. The molecule has 0 fully saturated rings. The SMILES string of the molecule is CCOC(=O)[C@H](C=O)N(C=O)C(C)c1ccccc1. The number of carbonyl (C=O) groups excluding carboxylic acids is 3. The highest BCUT2D eigenvalue weighted by molar-refractivity contribution is 5.94. The summed E-state index contributed by atoms with van der Waals surface area (Å²) >= 11 is 0. The van der Waals surface area contributed by atoms with Gasteiger partial charge in [-0.25, -0.2) is 4.79 Å². The molecule has 0 N–H and O–H groups in total. The minimum absolute atomic E-state index is 0.162. The molecule has 1 amide bonds. The number of esters is 1. The molecule has 0 aliphatic carbocycles. The van der Waals surface area contributed by atoms with Gasteiger partial charge in [0.25, 0.3) is 0 Å². The second kappa shape index (κ2) is 7.31. The van der Waals surface area contributed by atoms with E-state index in [4.69, 9.17) is 4.74 Å². The lowest BCUT2D eigenvalue weighted by Crippen LogP contribution is -2.44. The van der Waals surface area contributed by atoms with Crippen molar-refractivity contribution in [3.8, 4) is 0 Å². The fourth-order valence-electron chi connectivity index (χ4n) is 1.78. The van der Waals surface area contributed by atoms with Crippen LogP contribution in [0.5, 0.6) is 0 Å². The Balaban J connectivity index is 2.95. The molecule has 0 radical (unpaired) electrons. The van der Waals surface area contributed by atoms with Crippen molar-refractivity contribution in [3.63, 3.8) is 0 Å². The lowest BCUT2D eigenvalue weighted by molar-refractivity contribution is -0.154. The highest BCUT2D eigenvalue weighted by Gasteiger charge is 2.29. The molecule has 5 heteroatoms. The summed E-state index contributed by atoms with van der Waals surface area (Å²) in [5.74, 6) is -0.715. The maximum atomic E-state index is 11.7. The second-order valence-electron chi connectivity index (χ2n) is 3.97. The molecule has 0 heterocycles. The average molecular weight is 263 g/mol. The van der Waals surface area contributed by atoms with Crippen molar-refractivity contribution in [2.45, 2.75) is 25.9 Å². The Bertz CT molecular complexity index is 432. The van der Waals surface area contributed by atoms with Crippen molar-refractivity contribution in [3.05, 3.63) is 35.9 Å². The lowest BCUT2D eigenvalue weighted by atomic mass is 10.1. The predicted octanol–water partition coefficient (Wildman–Crippen LogP) is 1.34. The zero-order chi connectivity index (χ0) is 14.3. The van der Waals surface area contributed by atoms with Crippen LogP contribution >= 0.6 is 0 Å². The summed E-state index contributed by atoms with van der Waals surface area (Å²) < 4.78 is 4.79. The monoisotopic (exact) mass is 263 g/mol. The molecular formula is C14H17NO4. The normalized spacial score (nSPS) is 13.2. The Hall–Kier alpha value is -2.17. The van der Waals surface area contributed by atoms with Crippen LogP contribution in [0, 0.1) is 0 Å². The first-order valence-electron chi connectivity index (χ1n) is 6.05. The van der Waals surface area contributed by atoms with Gasteiger partial charge in [0, 0.05) is 0 Å². The number of hydrogen-bond donors (Lipinski definition) is 0. The van der Waals surface area contributed by atoms with Crippen molar-refractivity contribution < 1.29 is 19.1 Å². The van der Waals surface area contributed by atoms with E-state index < -0.39 is 18.1 Å². The molecule has 1 aromatic rings. The summed E-state index contributed by atoms with van der Waals surface area (Å²) in [4.78, 5) is 35.1. The van der Waals surface area contributed by atoms with E-state index in [2.05, 4.69) is 0 Å². The molecule has 102 valence electrons. The molecule has 0 aliphatic rings. The van der Waals surface area contributed by atoms with E-state index in [1.54, 1.807) is 13.8 Å². The van der Waals surface area contributed by atoms with Gasteiger partial charge in [-0.1, -0.05) is 30.3 Å². The van der Waals surface area contributed by atoms with Crippen LogP contribution in [0.3, 0.4) is 0 Å². The van der Waals surface area contributed by atoms with Crippen LogP contribution < -0.4 is 0 Å². The van der Waals surface area contributed by atoms with E-state index in [1.807, 2.05) is 30.3 Å². The summed E-state index contributed by atoms with van der Waals surface area (Å²) in [6.07, 6.45) is 0.916. The molecule has 1 unspecified atom stereocenters. The average Bonchev–Trinajstić information content (AvgIpc) is 2.45. The highest BCUT2D eigenvalue weighted by Crippen LogP contribution is 2.20. The molecular weight excluding hydrogens is 246 g/mol. The van der Waals surface area contributed by atoms with Gasteiger partial charge in [0.15, 0.2) is 12.3 Å². The second-order valence-corrected chi connectivity index (χ2v) is 3.97. The van der Waals surface area contributed by atoms with E-state index in [1.165, 1.54) is 0 Å². The molecule has 1 rings (SSSR count). The molecule has 5 nitrogen and oxygen atoms in total. The van der Waals surface area contributed by atoms with E-state index in [0.29, 0.717) is 12.7 Å². The number of ether oxygens (including phenoxy) is 1. The Morgan fingerprint density at radius 2 is 1.95 bits per heavy atom. The third kappa shape index (κ3) is 3.64. The van der Waals surface area contributed by atoms with E-state index in [0.717, 1.165) is 10.5 Å². The topological polar surface area (TPSA) is 63.7 Å². The van der Waals surface area contributed by atoms with Crippen molar-refractivity contribution in [1.29, 1.82) is 0 Å². The molecule has 0 spiro atoms. The number of carbonyl (C=O) groups is 3. The summed E-state index contributed by atoms with van der Waals surface area (Å²) in [7, 11) is 0. The van der Waals surface area contributed by atoms with E-state index in [9.17, 15) is 14.4 Å². The Morgan fingerprint density at radius 3 is 2.42 bits per heavy atom. The maximum Gasteiger partial charge on any atom is 0.336 e. The molecule has 0 bridgehead atoms. The lowest BCUT2D eigenvalue weighted by Gasteiger charge is -2.28. The molecule has 2 atom stereocenters. The van der Waals surface area contributed by atoms with E-state index >= 15 is 0 Å². The quantitative estimate of drug-likeness (QED) is 0.423. The van der Waals surface area contributed by atoms with Gasteiger partial charge < -0.3 is 14.4 Å². The number of hydrogen-bond acceptors (Lipinski definition) is 4. The van der Waals surface area contributed by atoms with Crippen LogP contribution in [0.1, 0.15) is 25.5 Å². The number of rotatable bonds is 7. The van der Waals surface area contributed by atoms with Crippen molar-refractivity contribution >= 4 is 18.7 Å². The Labute approximate surface area is 112 Å². The van der Waals surface area contributed by atoms with Gasteiger partial charge in [-0.05, 0) is 19.4 Å². The van der Waals surface area contributed by atoms with Gasteiger partial charge in [0.05, 0.1) is 12.6 Å². The summed E-state index contributed by atoms with van der Waals surface area (Å²) in [5.41, 5.74) is 0.839. The molecule has 0 aliphatic heterocycles. The van der Waals surface area contributed by atoms with Crippen LogP contribution in [0.2, 0.25) is 0 Å². The van der Waals surface area contributed by atoms with Gasteiger partial charge in [-0.2, -0.15) is 0 Å². The number of benzene rings is 1. The van der Waals surface area contributed by atoms with Crippen LogP contribution in [-0.2, 0) is 19.1 Å². The van der Waals surface area contributed by atoms with Crippen LogP contribution in [0.25, 0.3) is 0 Å². The fraction of sp³-hybridized carbons (Fsp3) is 0.357. The van der Waals surface area contributed by atoms with Gasteiger partial charge in [-0.3, -0.25) is 4.79 Å². The first kappa shape index (κ1) is 14.9. The van der Waals surface area contributed by atoms with E-state index in [-0.39, 0.29) is 6.61 Å². The number of nitrogens with zero attached hydrogens (tertiary/aromatic N) is 1. The maximum absolute atomic E-state index is 11.7. The first-order chi connectivity index (χ1) is 9.15. The minimum Gasteiger partial charge on any atom is -0.464 e. The minimum atomic E-state index is -1.22. The fourth-order valence-corrected chi connectivity index (χ4v) is 1.78. The summed E-state index contributed by atoms with van der Waals surface area (Å²) in [6.45, 7) is 3.56. The number of aldehydes is 1. The molecule has 0 aromatic heterocycles. The number of amides is 1. The first-order valence-corrected chi connectivity index (χ1v) is 6.05. The Kier molecular flexibility index (Phi) is 5.73. The van der Waals surface area contributed by atoms with Gasteiger partial charge >= 0.3 is 5.97 Å². The van der Waals surface area contributed by atoms with Crippen molar-refractivity contribution in [2.24, 2.45) is 0 Å². The van der Waals surface area contributed by atoms with Crippen LogP contribution in [0.4, 0.5) is 0 Å². The third-order valence-corrected chi connectivity index (χ3v) is 2.83. The standard InChI is InChI=1S/C14H17NO4/c1-3-19-14(18)13(9-16)15(10-17)11(2)12-7-5-4-6-8-12/h4-11,13H,3H2,1-2H3/t11?,13-/m0/s1. The van der Waals surface area contributed by atoms with Crippen LogP contribution in [-0.4, -0.2) is 36.2 Å². The van der Waals surface area contributed by atoms with Crippen molar-refractivity contribution in [1.82, 2.24) is 4.90 Å². The Morgan fingerprint density at radius 1 is 1.32 bits per heavy atom. The zero-order valence-corrected chi connectivity index (χ0v) is 11.0. The van der Waals surface area contributed by atoms with Crippen LogP contribution in [0.15, 0.2) is 30.3 Å². The highest BCUT2D eigenvalue weighted by atomic mass is 16.5. The largest absolute Gasteiger partial charge is 0.464 e. The smallest absolute Gasteiger partial charge is 0.336 e. The van der Waals surface area contributed by atoms with Gasteiger partial charge in [0.2, 0.25) is 6.41 Å². The molecule has 19 heavy (non-hydrogen) atoms. The van der Waals surface area contributed by atoms with Crippen molar-refractivity contribution in [2.75, 3.05) is 6.61 Å².